The zero-order valence-corrected chi connectivity index (χ0v) is 12.9. The van der Waals surface area contributed by atoms with Gasteiger partial charge in [0, 0.05) is 25.6 Å². The second-order valence-corrected chi connectivity index (χ2v) is 5.14. The Labute approximate surface area is 129 Å². The molecule has 1 atom stereocenters. The lowest BCUT2D eigenvalue weighted by molar-refractivity contribution is -0.141. The number of carboxylic acids is 1. The molecular weight excluding hydrogens is 284 g/mol. The maximum absolute atomic E-state index is 12.0. The summed E-state index contributed by atoms with van der Waals surface area (Å²) in [6.45, 7) is 3.88. The molecule has 1 aromatic rings. The number of nitrogens with one attached hydrogen (secondary N) is 2. The van der Waals surface area contributed by atoms with Gasteiger partial charge >= 0.3 is 5.97 Å². The van der Waals surface area contributed by atoms with Crippen LogP contribution < -0.4 is 10.6 Å². The number of carbonyl (C=O) groups is 3. The molecule has 1 unspecified atom stereocenters. The third kappa shape index (κ3) is 5.95. The summed E-state index contributed by atoms with van der Waals surface area (Å²) in [6, 6.07) is 6.82. The van der Waals surface area contributed by atoms with Gasteiger partial charge in [-0.05, 0) is 24.1 Å². The van der Waals surface area contributed by atoms with Gasteiger partial charge in [-0.1, -0.05) is 25.5 Å². The fourth-order valence-corrected chi connectivity index (χ4v) is 1.98. The van der Waals surface area contributed by atoms with E-state index in [0.29, 0.717) is 18.5 Å². The summed E-state index contributed by atoms with van der Waals surface area (Å²) in [4.78, 5) is 33.8. The molecule has 0 fully saturated rings. The van der Waals surface area contributed by atoms with Gasteiger partial charge in [0.15, 0.2) is 0 Å². The maximum atomic E-state index is 12.0. The van der Waals surface area contributed by atoms with Crippen molar-refractivity contribution in [1.29, 1.82) is 0 Å². The topological polar surface area (TPSA) is 95.5 Å². The zero-order chi connectivity index (χ0) is 16.5. The van der Waals surface area contributed by atoms with Crippen LogP contribution in [0.3, 0.4) is 0 Å². The smallest absolute Gasteiger partial charge is 0.308 e. The monoisotopic (exact) mass is 306 g/mol. The van der Waals surface area contributed by atoms with Gasteiger partial charge < -0.3 is 15.7 Å². The molecule has 120 valence electrons. The van der Waals surface area contributed by atoms with Crippen molar-refractivity contribution in [3.05, 3.63) is 35.4 Å². The van der Waals surface area contributed by atoms with Crippen LogP contribution in [-0.2, 0) is 16.1 Å². The molecule has 6 heteroatoms. The Hall–Kier alpha value is -2.37. The molecule has 0 spiro atoms. The average Bonchev–Trinajstić information content (AvgIpc) is 2.49. The molecule has 0 aromatic heterocycles. The van der Waals surface area contributed by atoms with Gasteiger partial charge in [0.25, 0.3) is 5.91 Å². The number of aliphatic carboxylic acids is 1. The Balaban J connectivity index is 2.54. The van der Waals surface area contributed by atoms with E-state index in [2.05, 4.69) is 10.6 Å². The quantitative estimate of drug-likeness (QED) is 0.679. The first-order chi connectivity index (χ1) is 10.4. The van der Waals surface area contributed by atoms with Crippen molar-refractivity contribution in [3.63, 3.8) is 0 Å². The predicted octanol–water partition coefficient (Wildman–Crippen LogP) is 1.55. The summed E-state index contributed by atoms with van der Waals surface area (Å²) < 4.78 is 0. The number of carbonyl (C=O) groups excluding carboxylic acids is 2. The zero-order valence-electron chi connectivity index (χ0n) is 12.9. The van der Waals surface area contributed by atoms with Crippen molar-refractivity contribution in [2.24, 2.45) is 5.92 Å². The van der Waals surface area contributed by atoms with E-state index in [1.165, 1.54) is 6.92 Å². The maximum Gasteiger partial charge on any atom is 0.308 e. The lowest BCUT2D eigenvalue weighted by atomic mass is 10.0. The van der Waals surface area contributed by atoms with E-state index >= 15 is 0 Å². The van der Waals surface area contributed by atoms with Gasteiger partial charge in [0.05, 0.1) is 5.92 Å². The number of hydrogen-bond donors (Lipinski definition) is 3. The van der Waals surface area contributed by atoms with Crippen molar-refractivity contribution in [3.8, 4) is 0 Å². The summed E-state index contributed by atoms with van der Waals surface area (Å²) in [5.41, 5.74) is 1.35. The lowest BCUT2D eigenvalue weighted by Crippen LogP contribution is -2.32. The van der Waals surface area contributed by atoms with Crippen molar-refractivity contribution >= 4 is 17.8 Å². The fourth-order valence-electron chi connectivity index (χ4n) is 1.98. The Morgan fingerprint density at radius 3 is 2.27 bits per heavy atom. The highest BCUT2D eigenvalue weighted by atomic mass is 16.4. The van der Waals surface area contributed by atoms with Crippen LogP contribution in [0.1, 0.15) is 42.6 Å². The first-order valence-electron chi connectivity index (χ1n) is 7.28. The predicted molar refractivity (Wildman–Crippen MR) is 82.3 cm³/mol. The number of carboxylic acid groups (broad SMARTS) is 1. The Kier molecular flexibility index (Phi) is 7.08. The van der Waals surface area contributed by atoms with Gasteiger partial charge in [-0.15, -0.1) is 0 Å². The van der Waals surface area contributed by atoms with Gasteiger partial charge in [0.2, 0.25) is 5.91 Å². The average molecular weight is 306 g/mol. The molecule has 0 saturated carbocycles. The molecule has 1 aromatic carbocycles. The Morgan fingerprint density at radius 2 is 1.77 bits per heavy atom. The van der Waals surface area contributed by atoms with Crippen molar-refractivity contribution in [2.45, 2.75) is 33.2 Å². The summed E-state index contributed by atoms with van der Waals surface area (Å²) in [5, 5.41) is 14.4. The van der Waals surface area contributed by atoms with Crippen LogP contribution in [0.5, 0.6) is 0 Å². The summed E-state index contributed by atoms with van der Waals surface area (Å²) in [5.74, 6) is -1.87. The Morgan fingerprint density at radius 1 is 1.14 bits per heavy atom. The highest BCUT2D eigenvalue weighted by Crippen LogP contribution is 2.07. The molecule has 0 saturated heterocycles. The fraction of sp³-hybridized carbons (Fsp3) is 0.438. The molecule has 0 aliphatic rings. The van der Waals surface area contributed by atoms with Crippen LogP contribution in [0.15, 0.2) is 24.3 Å². The molecule has 6 nitrogen and oxygen atoms in total. The van der Waals surface area contributed by atoms with Crippen LogP contribution in [0, 0.1) is 5.92 Å². The number of benzene rings is 1. The van der Waals surface area contributed by atoms with Gasteiger partial charge in [-0.25, -0.2) is 0 Å². The molecule has 0 aliphatic heterocycles. The van der Waals surface area contributed by atoms with Crippen molar-refractivity contribution in [1.82, 2.24) is 10.6 Å². The first-order valence-corrected chi connectivity index (χ1v) is 7.28. The van der Waals surface area contributed by atoms with E-state index in [1.54, 1.807) is 24.3 Å². The van der Waals surface area contributed by atoms with E-state index in [1.807, 2.05) is 6.92 Å². The minimum Gasteiger partial charge on any atom is -0.481 e. The molecule has 22 heavy (non-hydrogen) atoms. The third-order valence-corrected chi connectivity index (χ3v) is 3.25. The van der Waals surface area contributed by atoms with Crippen molar-refractivity contribution in [2.75, 3.05) is 6.54 Å². The molecule has 3 N–H and O–H groups in total. The molecule has 0 aliphatic carbocycles. The van der Waals surface area contributed by atoms with Gasteiger partial charge in [-0.3, -0.25) is 14.4 Å². The van der Waals surface area contributed by atoms with E-state index in [0.717, 1.165) is 12.0 Å². The van der Waals surface area contributed by atoms with Crippen molar-refractivity contribution < 1.29 is 19.5 Å². The second-order valence-electron chi connectivity index (χ2n) is 5.14. The molecule has 1 rings (SSSR count). The second kappa shape index (κ2) is 8.81. The lowest BCUT2D eigenvalue weighted by Gasteiger charge is -2.12. The Bertz CT molecular complexity index is 525. The normalized spacial score (nSPS) is 11.5. The molecular formula is C16H22N2O4. The van der Waals surface area contributed by atoms with E-state index in [4.69, 9.17) is 5.11 Å². The van der Waals surface area contributed by atoms with Gasteiger partial charge in [0.1, 0.15) is 0 Å². The minimum atomic E-state index is -0.896. The van der Waals surface area contributed by atoms with E-state index in [-0.39, 0.29) is 18.4 Å². The first kappa shape index (κ1) is 17.7. The highest BCUT2D eigenvalue weighted by Gasteiger charge is 2.17. The van der Waals surface area contributed by atoms with Crippen LogP contribution in [-0.4, -0.2) is 29.4 Å². The number of hydrogen-bond acceptors (Lipinski definition) is 3. The molecule has 2 amide bonds. The summed E-state index contributed by atoms with van der Waals surface area (Å²) in [7, 11) is 0. The van der Waals surface area contributed by atoms with Gasteiger partial charge in [-0.2, -0.15) is 0 Å². The number of rotatable bonds is 8. The van der Waals surface area contributed by atoms with Crippen LogP contribution in [0.4, 0.5) is 0 Å². The van der Waals surface area contributed by atoms with E-state index < -0.39 is 11.9 Å². The third-order valence-electron chi connectivity index (χ3n) is 3.25. The van der Waals surface area contributed by atoms with Crippen LogP contribution in [0.25, 0.3) is 0 Å². The number of amides is 2. The summed E-state index contributed by atoms with van der Waals surface area (Å²) >= 11 is 0. The van der Waals surface area contributed by atoms with Crippen LogP contribution >= 0.6 is 0 Å². The SMILES string of the molecule is CCCC(CNC(=O)c1ccc(CNC(C)=O)cc1)C(=O)O. The van der Waals surface area contributed by atoms with E-state index in [9.17, 15) is 14.4 Å². The minimum absolute atomic E-state index is 0.113. The standard InChI is InChI=1S/C16H22N2O4/c1-3-4-14(16(21)22)10-18-15(20)13-7-5-12(6-8-13)9-17-11(2)19/h5-8,14H,3-4,9-10H2,1-2H3,(H,17,19)(H,18,20)(H,21,22). The van der Waals surface area contributed by atoms with Crippen LogP contribution in [0.2, 0.25) is 0 Å². The summed E-state index contributed by atoms with van der Waals surface area (Å²) in [6.07, 6.45) is 1.29. The highest BCUT2D eigenvalue weighted by molar-refractivity contribution is 5.94. The molecule has 0 radical (unpaired) electrons. The largest absolute Gasteiger partial charge is 0.481 e. The molecule has 0 bridgehead atoms. The molecule has 0 heterocycles.